The maximum Gasteiger partial charge on any atom is 0.328 e. The Bertz CT molecular complexity index is 820. The van der Waals surface area contributed by atoms with E-state index in [1.54, 1.807) is 29.3 Å². The predicted octanol–water partition coefficient (Wildman–Crippen LogP) is 0.719. The number of fused-ring (bicyclic) bond motifs is 1. The Kier molecular flexibility index (Phi) is 5.10. The second kappa shape index (κ2) is 7.28. The molecule has 1 aromatic carbocycles. The van der Waals surface area contributed by atoms with Gasteiger partial charge in [0.15, 0.2) is 0 Å². The van der Waals surface area contributed by atoms with Crippen LogP contribution in [0.4, 0.5) is 10.5 Å². The summed E-state index contributed by atoms with van der Waals surface area (Å²) in [5.41, 5.74) is 2.19. The lowest BCUT2D eigenvalue weighted by Crippen LogP contribution is -2.47. The SMILES string of the molecule is C[C@H](CNC(=O)Nc1ccc2c(c1)n(C)c(=O)n2C)N1CCOCC1. The van der Waals surface area contributed by atoms with Crippen molar-refractivity contribution in [1.29, 1.82) is 0 Å². The molecule has 1 aliphatic rings. The molecule has 0 saturated carbocycles. The highest BCUT2D eigenvalue weighted by Crippen LogP contribution is 2.17. The zero-order valence-corrected chi connectivity index (χ0v) is 14.9. The zero-order valence-electron chi connectivity index (χ0n) is 14.9. The van der Waals surface area contributed by atoms with Crippen molar-refractivity contribution in [2.75, 3.05) is 38.2 Å². The molecule has 2 amide bonds. The Balaban J connectivity index is 1.60. The molecule has 8 heteroatoms. The first-order valence-corrected chi connectivity index (χ1v) is 8.49. The number of aromatic nitrogens is 2. The number of ether oxygens (including phenoxy) is 1. The molecule has 1 atom stereocenters. The molecule has 25 heavy (non-hydrogen) atoms. The van der Waals surface area contributed by atoms with Crippen molar-refractivity contribution in [2.45, 2.75) is 13.0 Å². The van der Waals surface area contributed by atoms with E-state index in [9.17, 15) is 9.59 Å². The van der Waals surface area contributed by atoms with Gasteiger partial charge in [-0.25, -0.2) is 9.59 Å². The summed E-state index contributed by atoms with van der Waals surface area (Å²) in [6.07, 6.45) is 0. The van der Waals surface area contributed by atoms with Crippen molar-refractivity contribution in [3.8, 4) is 0 Å². The standard InChI is InChI=1S/C17H25N5O3/c1-12(22-6-8-25-9-7-22)11-18-16(23)19-13-4-5-14-15(10-13)21(3)17(24)20(14)2/h4-5,10,12H,6-9,11H2,1-3H3,(H2,18,19,23)/t12-/m1/s1. The van der Waals surface area contributed by atoms with Gasteiger partial charge in [-0.2, -0.15) is 0 Å². The van der Waals surface area contributed by atoms with E-state index in [2.05, 4.69) is 22.5 Å². The third-order valence-electron chi connectivity index (χ3n) is 4.76. The van der Waals surface area contributed by atoms with Crippen LogP contribution in [0.15, 0.2) is 23.0 Å². The van der Waals surface area contributed by atoms with Gasteiger partial charge in [-0.15, -0.1) is 0 Å². The van der Waals surface area contributed by atoms with Crippen LogP contribution in [0.25, 0.3) is 11.0 Å². The molecule has 1 aromatic heterocycles. The number of morpholine rings is 1. The minimum atomic E-state index is -0.250. The molecular formula is C17H25N5O3. The molecule has 1 fully saturated rings. The van der Waals surface area contributed by atoms with Crippen LogP contribution in [0.5, 0.6) is 0 Å². The number of imidazole rings is 1. The Morgan fingerprint density at radius 2 is 1.88 bits per heavy atom. The van der Waals surface area contributed by atoms with Crippen molar-refractivity contribution in [3.63, 3.8) is 0 Å². The second-order valence-corrected chi connectivity index (χ2v) is 6.44. The number of hydrogen-bond donors (Lipinski definition) is 2. The fourth-order valence-electron chi connectivity index (χ4n) is 3.15. The van der Waals surface area contributed by atoms with Crippen LogP contribution in [-0.2, 0) is 18.8 Å². The number of nitrogens with one attached hydrogen (secondary N) is 2. The zero-order chi connectivity index (χ0) is 18.0. The Morgan fingerprint density at radius 3 is 2.60 bits per heavy atom. The number of benzene rings is 1. The van der Waals surface area contributed by atoms with Gasteiger partial charge in [0.05, 0.1) is 24.2 Å². The van der Waals surface area contributed by atoms with Crippen LogP contribution in [0.3, 0.4) is 0 Å². The molecule has 8 nitrogen and oxygen atoms in total. The summed E-state index contributed by atoms with van der Waals surface area (Å²) >= 11 is 0. The van der Waals surface area contributed by atoms with Crippen LogP contribution in [0, 0.1) is 0 Å². The van der Waals surface area contributed by atoms with Crippen LogP contribution in [0.1, 0.15) is 6.92 Å². The van der Waals surface area contributed by atoms with E-state index in [0.29, 0.717) is 12.2 Å². The van der Waals surface area contributed by atoms with Crippen LogP contribution in [-0.4, -0.2) is 59.0 Å². The van der Waals surface area contributed by atoms with Gasteiger partial charge in [0.2, 0.25) is 0 Å². The first-order chi connectivity index (χ1) is 12.0. The molecule has 136 valence electrons. The number of carbonyl (C=O) groups excluding carboxylic acids is 1. The highest BCUT2D eigenvalue weighted by molar-refractivity contribution is 5.92. The lowest BCUT2D eigenvalue weighted by Gasteiger charge is -2.32. The molecule has 2 N–H and O–H groups in total. The molecule has 0 aliphatic carbocycles. The van der Waals surface area contributed by atoms with Crippen LogP contribution in [0.2, 0.25) is 0 Å². The molecule has 0 radical (unpaired) electrons. The second-order valence-electron chi connectivity index (χ2n) is 6.44. The number of amides is 2. The van der Waals surface area contributed by atoms with E-state index in [0.717, 1.165) is 37.3 Å². The number of aryl methyl sites for hydroxylation is 2. The van der Waals surface area contributed by atoms with E-state index in [1.807, 2.05) is 12.1 Å². The maximum absolute atomic E-state index is 12.2. The first-order valence-electron chi connectivity index (χ1n) is 8.49. The van der Waals surface area contributed by atoms with E-state index in [1.165, 1.54) is 0 Å². The smallest absolute Gasteiger partial charge is 0.328 e. The number of anilines is 1. The summed E-state index contributed by atoms with van der Waals surface area (Å²) in [4.78, 5) is 26.4. The molecule has 1 saturated heterocycles. The third kappa shape index (κ3) is 3.69. The van der Waals surface area contributed by atoms with E-state index in [4.69, 9.17) is 4.74 Å². The molecule has 3 rings (SSSR count). The molecule has 2 heterocycles. The fraction of sp³-hybridized carbons (Fsp3) is 0.529. The minimum absolute atomic E-state index is 0.0871. The minimum Gasteiger partial charge on any atom is -0.379 e. The van der Waals surface area contributed by atoms with Gasteiger partial charge in [-0.3, -0.25) is 14.0 Å². The quantitative estimate of drug-likeness (QED) is 0.854. The van der Waals surface area contributed by atoms with E-state index in [-0.39, 0.29) is 17.8 Å². The Labute approximate surface area is 146 Å². The lowest BCUT2D eigenvalue weighted by atomic mass is 10.2. The van der Waals surface area contributed by atoms with Gasteiger partial charge < -0.3 is 15.4 Å². The average Bonchev–Trinajstić information content (AvgIpc) is 2.84. The molecular weight excluding hydrogens is 322 g/mol. The number of nitrogens with zero attached hydrogens (tertiary/aromatic N) is 3. The fourth-order valence-corrected chi connectivity index (χ4v) is 3.15. The largest absolute Gasteiger partial charge is 0.379 e. The molecule has 0 bridgehead atoms. The van der Waals surface area contributed by atoms with Crippen molar-refractivity contribution < 1.29 is 9.53 Å². The van der Waals surface area contributed by atoms with Gasteiger partial charge >= 0.3 is 11.7 Å². The number of carbonyl (C=O) groups is 1. The normalized spacial score (nSPS) is 16.8. The van der Waals surface area contributed by atoms with E-state index < -0.39 is 0 Å². The van der Waals surface area contributed by atoms with Crippen molar-refractivity contribution in [2.24, 2.45) is 14.1 Å². The van der Waals surface area contributed by atoms with Crippen molar-refractivity contribution in [3.05, 3.63) is 28.7 Å². The predicted molar refractivity (Wildman–Crippen MR) is 97.0 cm³/mol. The molecule has 0 unspecified atom stereocenters. The number of urea groups is 1. The summed E-state index contributed by atoms with van der Waals surface area (Å²) in [7, 11) is 3.45. The number of hydrogen-bond acceptors (Lipinski definition) is 4. The van der Waals surface area contributed by atoms with Gasteiger partial charge in [0.25, 0.3) is 0 Å². The summed E-state index contributed by atoms with van der Waals surface area (Å²) in [6.45, 7) is 5.93. The maximum atomic E-state index is 12.2. The average molecular weight is 347 g/mol. The third-order valence-corrected chi connectivity index (χ3v) is 4.76. The van der Waals surface area contributed by atoms with E-state index >= 15 is 0 Å². The highest BCUT2D eigenvalue weighted by atomic mass is 16.5. The van der Waals surface area contributed by atoms with Gasteiger partial charge in [-0.05, 0) is 25.1 Å². The Hall–Kier alpha value is -2.32. The van der Waals surface area contributed by atoms with Gasteiger partial charge in [0.1, 0.15) is 0 Å². The first kappa shape index (κ1) is 17.5. The summed E-state index contributed by atoms with van der Waals surface area (Å²) in [5, 5.41) is 5.73. The summed E-state index contributed by atoms with van der Waals surface area (Å²) in [6, 6.07) is 5.45. The van der Waals surface area contributed by atoms with Crippen molar-refractivity contribution >= 4 is 22.8 Å². The number of rotatable bonds is 4. The van der Waals surface area contributed by atoms with Gasteiger partial charge in [0, 0.05) is 45.5 Å². The summed E-state index contributed by atoms with van der Waals surface area (Å²) in [5.74, 6) is 0. The molecule has 0 spiro atoms. The van der Waals surface area contributed by atoms with Crippen LogP contribution < -0.4 is 16.3 Å². The molecule has 2 aromatic rings. The molecule has 1 aliphatic heterocycles. The summed E-state index contributed by atoms with van der Waals surface area (Å²) < 4.78 is 8.50. The monoisotopic (exact) mass is 347 g/mol. The van der Waals surface area contributed by atoms with Crippen molar-refractivity contribution in [1.82, 2.24) is 19.4 Å². The highest BCUT2D eigenvalue weighted by Gasteiger charge is 2.17. The lowest BCUT2D eigenvalue weighted by molar-refractivity contribution is 0.0209. The van der Waals surface area contributed by atoms with Crippen LogP contribution >= 0.6 is 0 Å². The van der Waals surface area contributed by atoms with Gasteiger partial charge in [-0.1, -0.05) is 0 Å². The topological polar surface area (TPSA) is 80.5 Å². The Morgan fingerprint density at radius 1 is 1.20 bits per heavy atom.